The van der Waals surface area contributed by atoms with E-state index in [1.165, 1.54) is 0 Å². The van der Waals surface area contributed by atoms with Crippen molar-refractivity contribution in [3.8, 4) is 0 Å². The number of hydrogen-bond acceptors (Lipinski definition) is 4. The quantitative estimate of drug-likeness (QED) is 0.336. The molecule has 0 radical (unpaired) electrons. The molecule has 0 saturated carbocycles. The van der Waals surface area contributed by atoms with Gasteiger partial charge in [0.25, 0.3) is 0 Å². The zero-order chi connectivity index (χ0) is 19.7. The van der Waals surface area contributed by atoms with Gasteiger partial charge in [0.15, 0.2) is 5.96 Å². The van der Waals surface area contributed by atoms with Gasteiger partial charge in [-0.25, -0.2) is 8.42 Å². The lowest BCUT2D eigenvalue weighted by molar-refractivity contribution is -0.0496. The summed E-state index contributed by atoms with van der Waals surface area (Å²) in [5, 5.41) is 3.32. The highest BCUT2D eigenvalue weighted by Crippen LogP contribution is 2.38. The van der Waals surface area contributed by atoms with Gasteiger partial charge < -0.3 is 15.0 Å². The maximum Gasteiger partial charge on any atom is 0.511 e. The second-order valence-electron chi connectivity index (χ2n) is 7.70. The standard InChI is InChI=1S/C16H27F3N4O3S.HI/c1-20-14(22-8-4-15(11-22)5-9-26-12-15)21-10-13-2-6-23(7-3-13)27(24,25)16(17,18)19;/h13H,2-12H2,1H3,(H,20,21);1H. The van der Waals surface area contributed by atoms with Crippen LogP contribution in [0, 0.1) is 11.3 Å². The van der Waals surface area contributed by atoms with E-state index in [4.69, 9.17) is 4.74 Å². The molecule has 164 valence electrons. The molecule has 3 fully saturated rings. The number of guanidine groups is 1. The number of piperidine rings is 1. The Bertz CT molecular complexity index is 661. The summed E-state index contributed by atoms with van der Waals surface area (Å²) in [6.07, 6.45) is 2.93. The SMILES string of the molecule is CN=C(NCC1CCN(S(=O)(=O)C(F)(F)F)CC1)N1CCC2(CCOC2)C1.I. The molecule has 3 heterocycles. The molecule has 1 N–H and O–H groups in total. The van der Waals surface area contributed by atoms with Crippen LogP contribution in [0.2, 0.25) is 0 Å². The number of nitrogens with one attached hydrogen (secondary N) is 1. The van der Waals surface area contributed by atoms with Crippen LogP contribution in [-0.2, 0) is 14.8 Å². The highest BCUT2D eigenvalue weighted by Gasteiger charge is 2.50. The third-order valence-corrected chi connectivity index (χ3v) is 7.52. The van der Waals surface area contributed by atoms with Crippen molar-refractivity contribution < 1.29 is 26.3 Å². The lowest BCUT2D eigenvalue weighted by atomic mass is 9.87. The normalized spacial score (nSPS) is 28.0. The van der Waals surface area contributed by atoms with Gasteiger partial charge in [0, 0.05) is 51.8 Å². The molecule has 0 aromatic rings. The second kappa shape index (κ2) is 9.21. The zero-order valence-electron chi connectivity index (χ0n) is 15.9. The fourth-order valence-electron chi connectivity index (χ4n) is 4.16. The van der Waals surface area contributed by atoms with E-state index in [-0.39, 0.29) is 48.4 Å². The maximum absolute atomic E-state index is 12.6. The van der Waals surface area contributed by atoms with E-state index in [0.717, 1.165) is 45.1 Å². The largest absolute Gasteiger partial charge is 0.511 e. The number of halogens is 4. The highest BCUT2D eigenvalue weighted by molar-refractivity contribution is 14.0. The Balaban J connectivity index is 0.00000280. The number of alkyl halides is 3. The Morgan fingerprint density at radius 1 is 1.25 bits per heavy atom. The third kappa shape index (κ3) is 5.04. The smallest absolute Gasteiger partial charge is 0.381 e. The molecule has 3 saturated heterocycles. The van der Waals surface area contributed by atoms with E-state index in [1.54, 1.807) is 7.05 Å². The fourth-order valence-corrected chi connectivity index (χ4v) is 5.14. The van der Waals surface area contributed by atoms with Crippen LogP contribution >= 0.6 is 24.0 Å². The third-order valence-electron chi connectivity index (χ3n) is 5.89. The zero-order valence-corrected chi connectivity index (χ0v) is 19.0. The van der Waals surface area contributed by atoms with Crippen molar-refractivity contribution in [2.24, 2.45) is 16.3 Å². The number of likely N-dealkylation sites (tertiary alicyclic amines) is 1. The van der Waals surface area contributed by atoms with E-state index in [1.807, 2.05) is 0 Å². The van der Waals surface area contributed by atoms with Crippen molar-refractivity contribution in [2.75, 3.05) is 53.0 Å². The molecule has 1 atom stereocenters. The van der Waals surface area contributed by atoms with Gasteiger partial charge in [-0.15, -0.1) is 24.0 Å². The predicted octanol–water partition coefficient (Wildman–Crippen LogP) is 1.85. The molecule has 3 aliphatic heterocycles. The molecule has 0 aromatic carbocycles. The van der Waals surface area contributed by atoms with E-state index >= 15 is 0 Å². The Morgan fingerprint density at radius 2 is 1.93 bits per heavy atom. The Hall–Kier alpha value is -0.340. The Kier molecular flexibility index (Phi) is 7.87. The van der Waals surface area contributed by atoms with E-state index in [9.17, 15) is 21.6 Å². The summed E-state index contributed by atoms with van der Waals surface area (Å²) in [5.41, 5.74) is -5.01. The average molecular weight is 540 g/mol. The van der Waals surface area contributed by atoms with Crippen molar-refractivity contribution in [3.63, 3.8) is 0 Å². The summed E-state index contributed by atoms with van der Waals surface area (Å²) in [7, 11) is -3.50. The van der Waals surface area contributed by atoms with Gasteiger partial charge >= 0.3 is 15.5 Å². The molecular formula is C16H28F3IN4O3S. The molecule has 1 spiro atoms. The summed E-state index contributed by atoms with van der Waals surface area (Å²) in [5.74, 6) is 0.914. The number of hydrogen-bond donors (Lipinski definition) is 1. The van der Waals surface area contributed by atoms with Gasteiger partial charge in [0.2, 0.25) is 0 Å². The molecule has 28 heavy (non-hydrogen) atoms. The maximum atomic E-state index is 12.6. The summed E-state index contributed by atoms with van der Waals surface area (Å²) >= 11 is 0. The predicted molar refractivity (Wildman–Crippen MR) is 110 cm³/mol. The van der Waals surface area contributed by atoms with Gasteiger partial charge in [-0.3, -0.25) is 4.99 Å². The van der Waals surface area contributed by atoms with Gasteiger partial charge in [0.05, 0.1) is 6.61 Å². The van der Waals surface area contributed by atoms with E-state index in [0.29, 0.717) is 23.7 Å². The molecule has 3 aliphatic rings. The van der Waals surface area contributed by atoms with Crippen molar-refractivity contribution >= 4 is 40.0 Å². The van der Waals surface area contributed by atoms with E-state index < -0.39 is 15.5 Å². The molecular weight excluding hydrogens is 512 g/mol. The van der Waals surface area contributed by atoms with Crippen LogP contribution in [0.3, 0.4) is 0 Å². The van der Waals surface area contributed by atoms with Crippen LogP contribution in [0.4, 0.5) is 13.2 Å². The number of aliphatic imine (C=N–C) groups is 1. The Morgan fingerprint density at radius 3 is 2.46 bits per heavy atom. The van der Waals surface area contributed by atoms with Crippen molar-refractivity contribution in [1.82, 2.24) is 14.5 Å². The minimum absolute atomic E-state index is 0. The first-order valence-electron chi connectivity index (χ1n) is 9.27. The summed E-state index contributed by atoms with van der Waals surface area (Å²) in [6, 6.07) is 0. The molecule has 3 rings (SSSR count). The van der Waals surface area contributed by atoms with Crippen LogP contribution in [-0.4, -0.2) is 82.1 Å². The van der Waals surface area contributed by atoms with Gasteiger partial charge in [0.1, 0.15) is 0 Å². The minimum Gasteiger partial charge on any atom is -0.381 e. The molecule has 7 nitrogen and oxygen atoms in total. The molecule has 0 bridgehead atoms. The first-order valence-corrected chi connectivity index (χ1v) is 10.7. The summed E-state index contributed by atoms with van der Waals surface area (Å²) < 4.78 is 67.0. The monoisotopic (exact) mass is 540 g/mol. The number of nitrogens with zero attached hydrogens (tertiary/aromatic N) is 3. The van der Waals surface area contributed by atoms with E-state index in [2.05, 4.69) is 15.2 Å². The first-order chi connectivity index (χ1) is 12.7. The van der Waals surface area contributed by atoms with Crippen LogP contribution in [0.1, 0.15) is 25.7 Å². The molecule has 12 heteroatoms. The van der Waals surface area contributed by atoms with Crippen LogP contribution in [0.25, 0.3) is 0 Å². The molecule has 1 unspecified atom stereocenters. The molecule has 0 aromatic heterocycles. The lowest BCUT2D eigenvalue weighted by Crippen LogP contribution is -2.47. The fraction of sp³-hybridized carbons (Fsp3) is 0.938. The minimum atomic E-state index is -5.23. The van der Waals surface area contributed by atoms with Gasteiger partial charge in [-0.05, 0) is 31.6 Å². The number of rotatable bonds is 3. The highest BCUT2D eigenvalue weighted by atomic mass is 127. The number of ether oxygens (including phenoxy) is 1. The lowest BCUT2D eigenvalue weighted by Gasteiger charge is -2.32. The topological polar surface area (TPSA) is 74.2 Å². The van der Waals surface area contributed by atoms with Crippen molar-refractivity contribution in [3.05, 3.63) is 0 Å². The van der Waals surface area contributed by atoms with Gasteiger partial charge in [-0.1, -0.05) is 0 Å². The van der Waals surface area contributed by atoms with Crippen molar-refractivity contribution in [2.45, 2.75) is 31.2 Å². The second-order valence-corrected chi connectivity index (χ2v) is 9.62. The molecule has 0 amide bonds. The van der Waals surface area contributed by atoms with Crippen LogP contribution in [0.15, 0.2) is 4.99 Å². The summed E-state index contributed by atoms with van der Waals surface area (Å²) in [4.78, 5) is 6.54. The average Bonchev–Trinajstić information content (AvgIpc) is 3.25. The first kappa shape index (κ1) is 23.9. The number of sulfonamides is 1. The van der Waals surface area contributed by atoms with Crippen molar-refractivity contribution in [1.29, 1.82) is 0 Å². The van der Waals surface area contributed by atoms with Crippen LogP contribution < -0.4 is 5.32 Å². The summed E-state index contributed by atoms with van der Waals surface area (Å²) in [6.45, 7) is 3.77. The molecule has 0 aliphatic carbocycles. The van der Waals surface area contributed by atoms with Crippen LogP contribution in [0.5, 0.6) is 0 Å². The Labute approximate surface area is 181 Å². The van der Waals surface area contributed by atoms with Gasteiger partial charge in [-0.2, -0.15) is 17.5 Å².